The molecule has 126 valence electrons. The van der Waals surface area contributed by atoms with Gasteiger partial charge in [-0.3, -0.25) is 0 Å². The van der Waals surface area contributed by atoms with E-state index >= 15 is 0 Å². The van der Waals surface area contributed by atoms with Crippen molar-refractivity contribution in [2.45, 2.75) is 59.3 Å². The summed E-state index contributed by atoms with van der Waals surface area (Å²) in [7, 11) is 0. The monoisotopic (exact) mass is 321 g/mol. The Hall–Kier alpha value is -2.09. The van der Waals surface area contributed by atoms with Gasteiger partial charge in [-0.1, -0.05) is 65.3 Å². The number of rotatable bonds is 1. The predicted octanol–water partition coefficient (Wildman–Crippen LogP) is 6.40. The zero-order valence-electron chi connectivity index (χ0n) is 15.8. The van der Waals surface area contributed by atoms with Gasteiger partial charge >= 0.3 is 0 Å². The van der Waals surface area contributed by atoms with Crippen molar-refractivity contribution < 1.29 is 4.42 Å². The van der Waals surface area contributed by atoms with Crippen molar-refractivity contribution in [3.8, 4) is 11.5 Å². The van der Waals surface area contributed by atoms with E-state index in [2.05, 4.69) is 78.8 Å². The summed E-state index contributed by atoms with van der Waals surface area (Å²) < 4.78 is 6.22. The molecule has 0 atom stereocenters. The van der Waals surface area contributed by atoms with Gasteiger partial charge in [-0.2, -0.15) is 0 Å². The van der Waals surface area contributed by atoms with Crippen LogP contribution in [0.25, 0.3) is 22.6 Å². The van der Waals surface area contributed by atoms with E-state index in [9.17, 15) is 0 Å². The third kappa shape index (κ3) is 3.10. The quantitative estimate of drug-likeness (QED) is 0.518. The Balaban J connectivity index is 2.28. The van der Waals surface area contributed by atoms with Gasteiger partial charge < -0.3 is 4.42 Å². The van der Waals surface area contributed by atoms with Crippen molar-refractivity contribution >= 4 is 11.1 Å². The molecule has 0 fully saturated rings. The van der Waals surface area contributed by atoms with Crippen molar-refractivity contribution in [3.05, 3.63) is 53.1 Å². The molecule has 3 rings (SSSR count). The van der Waals surface area contributed by atoms with Gasteiger partial charge in [0.25, 0.3) is 0 Å². The summed E-state index contributed by atoms with van der Waals surface area (Å²) in [5.74, 6) is 0.699. The Kier molecular flexibility index (Phi) is 3.82. The van der Waals surface area contributed by atoms with E-state index < -0.39 is 0 Å². The van der Waals surface area contributed by atoms with Crippen LogP contribution in [0.2, 0.25) is 0 Å². The fourth-order valence-electron chi connectivity index (χ4n) is 2.92. The van der Waals surface area contributed by atoms with Gasteiger partial charge in [0.15, 0.2) is 5.58 Å². The molecule has 0 radical (unpaired) electrons. The maximum atomic E-state index is 6.22. The number of benzene rings is 2. The van der Waals surface area contributed by atoms with Gasteiger partial charge in [-0.25, -0.2) is 4.98 Å². The molecule has 0 aliphatic carbocycles. The minimum Gasteiger partial charge on any atom is -0.436 e. The van der Waals surface area contributed by atoms with E-state index in [1.165, 1.54) is 16.7 Å². The van der Waals surface area contributed by atoms with Crippen LogP contribution in [0.4, 0.5) is 0 Å². The SMILES string of the molecule is Cc1cccc(-c2nc3cc(C(C)(C)C)cc(C(C)(C)C)c3o2)c1. The molecule has 0 spiro atoms. The molecule has 0 saturated heterocycles. The zero-order chi connectivity index (χ0) is 17.7. The Labute approximate surface area is 144 Å². The lowest BCUT2D eigenvalue weighted by molar-refractivity contribution is 0.552. The van der Waals surface area contributed by atoms with Gasteiger partial charge in [0.1, 0.15) is 5.52 Å². The van der Waals surface area contributed by atoms with Crippen LogP contribution in [0.5, 0.6) is 0 Å². The molecule has 2 nitrogen and oxygen atoms in total. The second kappa shape index (κ2) is 5.47. The van der Waals surface area contributed by atoms with Crippen molar-refractivity contribution in [1.29, 1.82) is 0 Å². The highest BCUT2D eigenvalue weighted by Gasteiger charge is 2.25. The topological polar surface area (TPSA) is 26.0 Å². The van der Waals surface area contributed by atoms with Crippen LogP contribution in [-0.4, -0.2) is 4.98 Å². The van der Waals surface area contributed by atoms with Crippen LogP contribution >= 0.6 is 0 Å². The second-order valence-corrected chi connectivity index (χ2v) is 8.76. The van der Waals surface area contributed by atoms with E-state index in [4.69, 9.17) is 9.40 Å². The molecule has 3 aromatic rings. The molecule has 0 saturated carbocycles. The van der Waals surface area contributed by atoms with Crippen molar-refractivity contribution in [2.24, 2.45) is 0 Å². The van der Waals surface area contributed by atoms with Gasteiger partial charge in [0.2, 0.25) is 5.89 Å². The smallest absolute Gasteiger partial charge is 0.227 e. The number of aromatic nitrogens is 1. The maximum Gasteiger partial charge on any atom is 0.227 e. The molecule has 1 heterocycles. The van der Waals surface area contributed by atoms with Gasteiger partial charge in [-0.05, 0) is 41.5 Å². The molecule has 1 aromatic heterocycles. The van der Waals surface area contributed by atoms with Crippen molar-refractivity contribution in [2.75, 3.05) is 0 Å². The minimum absolute atomic E-state index is 0.00289. The van der Waals surface area contributed by atoms with E-state index in [1.54, 1.807) is 0 Å². The molecule has 0 bridgehead atoms. The number of aryl methyl sites for hydroxylation is 1. The normalized spacial score (nSPS) is 12.8. The first-order chi connectivity index (χ1) is 11.1. The maximum absolute atomic E-state index is 6.22. The number of fused-ring (bicyclic) bond motifs is 1. The fraction of sp³-hybridized carbons (Fsp3) is 0.409. The lowest BCUT2D eigenvalue weighted by Gasteiger charge is -2.24. The molecule has 0 N–H and O–H groups in total. The van der Waals surface area contributed by atoms with Crippen LogP contribution in [-0.2, 0) is 10.8 Å². The Morgan fingerprint density at radius 2 is 1.58 bits per heavy atom. The lowest BCUT2D eigenvalue weighted by atomic mass is 9.80. The molecule has 0 amide bonds. The Morgan fingerprint density at radius 3 is 2.17 bits per heavy atom. The Bertz CT molecular complexity index is 888. The van der Waals surface area contributed by atoms with Crippen LogP contribution in [0, 0.1) is 6.92 Å². The van der Waals surface area contributed by atoms with Crippen LogP contribution in [0.3, 0.4) is 0 Å². The number of hydrogen-bond acceptors (Lipinski definition) is 2. The summed E-state index contributed by atoms with van der Waals surface area (Å²) in [6.45, 7) is 15.5. The highest BCUT2D eigenvalue weighted by atomic mass is 16.3. The van der Waals surface area contributed by atoms with Crippen LogP contribution in [0.15, 0.2) is 40.8 Å². The first-order valence-electron chi connectivity index (χ1n) is 8.58. The molecular weight excluding hydrogens is 294 g/mol. The standard InChI is InChI=1S/C22H27NO/c1-14-9-8-10-15(11-14)20-23-18-13-16(21(2,3)4)12-17(19(18)24-20)22(5,6)7/h8-13H,1-7H3. The van der Waals surface area contributed by atoms with E-state index in [-0.39, 0.29) is 10.8 Å². The van der Waals surface area contributed by atoms with Gasteiger partial charge in [-0.15, -0.1) is 0 Å². The zero-order valence-corrected chi connectivity index (χ0v) is 15.8. The van der Waals surface area contributed by atoms with Gasteiger partial charge in [0, 0.05) is 11.1 Å². The molecule has 0 aliphatic rings. The highest BCUT2D eigenvalue weighted by molar-refractivity contribution is 5.81. The molecular formula is C22H27NO. The highest BCUT2D eigenvalue weighted by Crippen LogP contribution is 2.37. The summed E-state index contributed by atoms with van der Waals surface area (Å²) in [4.78, 5) is 4.81. The average Bonchev–Trinajstić information content (AvgIpc) is 2.88. The average molecular weight is 321 g/mol. The first kappa shape index (κ1) is 16.8. The minimum atomic E-state index is 0.00289. The summed E-state index contributed by atoms with van der Waals surface area (Å²) in [6, 6.07) is 12.8. The second-order valence-electron chi connectivity index (χ2n) is 8.76. The molecule has 2 heteroatoms. The third-order valence-corrected chi connectivity index (χ3v) is 4.43. The Morgan fingerprint density at radius 1 is 0.875 bits per heavy atom. The molecule has 0 aliphatic heterocycles. The summed E-state index contributed by atoms with van der Waals surface area (Å²) in [5.41, 5.74) is 6.69. The lowest BCUT2D eigenvalue weighted by Crippen LogP contribution is -2.16. The molecule has 0 unspecified atom stereocenters. The number of oxazole rings is 1. The summed E-state index contributed by atoms with van der Waals surface area (Å²) in [6.07, 6.45) is 0. The van der Waals surface area contributed by atoms with Crippen molar-refractivity contribution in [1.82, 2.24) is 4.98 Å². The first-order valence-corrected chi connectivity index (χ1v) is 8.58. The summed E-state index contributed by atoms with van der Waals surface area (Å²) in [5, 5.41) is 0. The largest absolute Gasteiger partial charge is 0.436 e. The number of nitrogens with zero attached hydrogens (tertiary/aromatic N) is 1. The fourth-order valence-corrected chi connectivity index (χ4v) is 2.92. The predicted molar refractivity (Wildman–Crippen MR) is 102 cm³/mol. The molecule has 24 heavy (non-hydrogen) atoms. The van der Waals surface area contributed by atoms with Crippen LogP contribution < -0.4 is 0 Å². The van der Waals surface area contributed by atoms with Gasteiger partial charge in [0.05, 0.1) is 0 Å². The van der Waals surface area contributed by atoms with E-state index in [1.807, 2.05) is 6.07 Å². The number of hydrogen-bond donors (Lipinski definition) is 0. The van der Waals surface area contributed by atoms with E-state index in [0.29, 0.717) is 5.89 Å². The summed E-state index contributed by atoms with van der Waals surface area (Å²) >= 11 is 0. The molecule has 2 aromatic carbocycles. The van der Waals surface area contributed by atoms with E-state index in [0.717, 1.165) is 16.7 Å². The third-order valence-electron chi connectivity index (χ3n) is 4.43. The van der Waals surface area contributed by atoms with Crippen molar-refractivity contribution in [3.63, 3.8) is 0 Å². The van der Waals surface area contributed by atoms with Crippen LogP contribution in [0.1, 0.15) is 58.2 Å².